The molecule has 0 saturated carbocycles. The van der Waals surface area contributed by atoms with Gasteiger partial charge in [-0.1, -0.05) is 0 Å². The molecule has 1 heterocycles. The predicted molar refractivity (Wildman–Crippen MR) is 51.2 cm³/mol. The Kier molecular flexibility index (Phi) is 3.63. The van der Waals surface area contributed by atoms with Crippen LogP contribution in [0.3, 0.4) is 0 Å². The number of aryl methyl sites for hydroxylation is 1. The first kappa shape index (κ1) is 11.0. The van der Waals surface area contributed by atoms with E-state index in [1.807, 2.05) is 6.07 Å². The van der Waals surface area contributed by atoms with Crippen LogP contribution in [0.5, 0.6) is 5.88 Å². The van der Waals surface area contributed by atoms with Gasteiger partial charge in [0.25, 0.3) is 0 Å². The number of hydrogen-bond acceptors (Lipinski definition) is 5. The van der Waals surface area contributed by atoms with Gasteiger partial charge in [0.2, 0.25) is 5.88 Å². The third-order valence-electron chi connectivity index (χ3n) is 1.67. The summed E-state index contributed by atoms with van der Waals surface area (Å²) in [7, 11) is 1.26. The van der Waals surface area contributed by atoms with Crippen molar-refractivity contribution in [2.24, 2.45) is 0 Å². The van der Waals surface area contributed by atoms with Gasteiger partial charge < -0.3 is 9.47 Å². The average Bonchev–Trinajstić information content (AvgIpc) is 2.26. The van der Waals surface area contributed by atoms with Gasteiger partial charge in [-0.2, -0.15) is 5.26 Å². The smallest absolute Gasteiger partial charge is 0.343 e. The minimum Gasteiger partial charge on any atom is -0.466 e. The van der Waals surface area contributed by atoms with Crippen LogP contribution in [0, 0.1) is 18.3 Å². The number of carbonyl (C=O) groups is 1. The number of nitriles is 1. The van der Waals surface area contributed by atoms with Crippen molar-refractivity contribution in [2.75, 3.05) is 13.7 Å². The Morgan fingerprint density at radius 3 is 2.93 bits per heavy atom. The van der Waals surface area contributed by atoms with E-state index >= 15 is 0 Å². The summed E-state index contributed by atoms with van der Waals surface area (Å²) in [5, 5.41) is 8.75. The van der Waals surface area contributed by atoms with Crippen molar-refractivity contribution in [3.8, 4) is 11.9 Å². The average molecular weight is 206 g/mol. The van der Waals surface area contributed by atoms with E-state index in [0.717, 1.165) is 0 Å². The Morgan fingerprint density at radius 1 is 1.60 bits per heavy atom. The lowest BCUT2D eigenvalue weighted by Gasteiger charge is -2.05. The van der Waals surface area contributed by atoms with Gasteiger partial charge in [-0.25, -0.2) is 9.78 Å². The van der Waals surface area contributed by atoms with Crippen molar-refractivity contribution in [3.63, 3.8) is 0 Å². The molecule has 5 heteroatoms. The standard InChI is InChI=1S/C10H10N2O3/c1-7-3-4-8(5-11)10(12-7)15-6-9(13)14-2/h3-4H,6H2,1-2H3. The summed E-state index contributed by atoms with van der Waals surface area (Å²) in [6, 6.07) is 5.22. The highest BCUT2D eigenvalue weighted by Gasteiger charge is 2.08. The highest BCUT2D eigenvalue weighted by atomic mass is 16.6. The molecule has 0 unspecified atom stereocenters. The number of aromatic nitrogens is 1. The van der Waals surface area contributed by atoms with Crippen LogP contribution in [0.4, 0.5) is 0 Å². The third-order valence-corrected chi connectivity index (χ3v) is 1.67. The molecule has 0 bridgehead atoms. The van der Waals surface area contributed by atoms with Crippen LogP contribution in [-0.4, -0.2) is 24.7 Å². The molecule has 0 atom stereocenters. The summed E-state index contributed by atoms with van der Waals surface area (Å²) in [6.45, 7) is 1.52. The molecule has 15 heavy (non-hydrogen) atoms. The Balaban J connectivity index is 2.80. The van der Waals surface area contributed by atoms with E-state index in [-0.39, 0.29) is 12.5 Å². The van der Waals surface area contributed by atoms with Gasteiger partial charge in [0.05, 0.1) is 7.11 Å². The maximum Gasteiger partial charge on any atom is 0.343 e. The van der Waals surface area contributed by atoms with E-state index in [4.69, 9.17) is 10.00 Å². The fraction of sp³-hybridized carbons (Fsp3) is 0.300. The summed E-state index contributed by atoms with van der Waals surface area (Å²) in [5.41, 5.74) is 1.01. The second-order valence-electron chi connectivity index (χ2n) is 2.78. The minimum absolute atomic E-state index is 0.155. The van der Waals surface area contributed by atoms with Crippen LogP contribution in [0.1, 0.15) is 11.3 Å². The molecule has 1 aromatic heterocycles. The fourth-order valence-corrected chi connectivity index (χ4v) is 0.914. The first-order valence-corrected chi connectivity index (χ1v) is 4.24. The molecule has 0 aliphatic carbocycles. The first-order chi connectivity index (χ1) is 7.17. The van der Waals surface area contributed by atoms with Crippen LogP contribution < -0.4 is 4.74 Å². The quantitative estimate of drug-likeness (QED) is 0.684. The summed E-state index contributed by atoms with van der Waals surface area (Å²) in [4.78, 5) is 14.8. The Morgan fingerprint density at radius 2 is 2.33 bits per heavy atom. The zero-order valence-corrected chi connectivity index (χ0v) is 8.48. The van der Waals surface area contributed by atoms with E-state index in [9.17, 15) is 4.79 Å². The molecule has 0 saturated heterocycles. The number of nitrogens with zero attached hydrogens (tertiary/aromatic N) is 2. The Bertz CT molecular complexity index is 410. The van der Waals surface area contributed by atoms with Gasteiger partial charge in [0.1, 0.15) is 11.6 Å². The number of pyridine rings is 1. The van der Waals surface area contributed by atoms with E-state index in [2.05, 4.69) is 9.72 Å². The molecule has 0 fully saturated rings. The van der Waals surface area contributed by atoms with Gasteiger partial charge in [0, 0.05) is 5.69 Å². The molecule has 0 aliphatic heterocycles. The third kappa shape index (κ3) is 2.95. The molecule has 0 spiro atoms. The molecule has 78 valence electrons. The lowest BCUT2D eigenvalue weighted by molar-refractivity contribution is -0.143. The SMILES string of the molecule is COC(=O)COc1nc(C)ccc1C#N. The number of hydrogen-bond donors (Lipinski definition) is 0. The van der Waals surface area contributed by atoms with Gasteiger partial charge in [-0.05, 0) is 19.1 Å². The lowest BCUT2D eigenvalue weighted by Crippen LogP contribution is -2.14. The topological polar surface area (TPSA) is 72.2 Å². The van der Waals surface area contributed by atoms with Crippen LogP contribution in [-0.2, 0) is 9.53 Å². The number of methoxy groups -OCH3 is 1. The van der Waals surface area contributed by atoms with Gasteiger partial charge in [0.15, 0.2) is 6.61 Å². The molecule has 5 nitrogen and oxygen atoms in total. The van der Waals surface area contributed by atoms with Gasteiger partial charge in [-0.3, -0.25) is 0 Å². The van der Waals surface area contributed by atoms with Crippen LogP contribution >= 0.6 is 0 Å². The normalized spacial score (nSPS) is 9.13. The van der Waals surface area contributed by atoms with E-state index in [0.29, 0.717) is 11.3 Å². The van der Waals surface area contributed by atoms with Crippen molar-refractivity contribution in [1.82, 2.24) is 4.98 Å². The molecular formula is C10H10N2O3. The largest absolute Gasteiger partial charge is 0.466 e. The Hall–Kier alpha value is -2.09. The van der Waals surface area contributed by atoms with E-state index < -0.39 is 5.97 Å². The highest BCUT2D eigenvalue weighted by molar-refractivity contribution is 5.70. The molecule has 0 N–H and O–H groups in total. The van der Waals surface area contributed by atoms with Crippen molar-refractivity contribution >= 4 is 5.97 Å². The number of ether oxygens (including phenoxy) is 2. The van der Waals surface area contributed by atoms with Crippen LogP contribution in [0.25, 0.3) is 0 Å². The van der Waals surface area contributed by atoms with Crippen LogP contribution in [0.2, 0.25) is 0 Å². The molecule has 0 aliphatic rings. The van der Waals surface area contributed by atoms with E-state index in [1.165, 1.54) is 7.11 Å². The molecule has 1 rings (SSSR count). The van der Waals surface area contributed by atoms with Crippen LogP contribution in [0.15, 0.2) is 12.1 Å². The molecule has 1 aromatic rings. The molecule has 0 aromatic carbocycles. The highest BCUT2D eigenvalue weighted by Crippen LogP contribution is 2.14. The van der Waals surface area contributed by atoms with Crippen molar-refractivity contribution < 1.29 is 14.3 Å². The van der Waals surface area contributed by atoms with Crippen molar-refractivity contribution in [2.45, 2.75) is 6.92 Å². The summed E-state index contributed by atoms with van der Waals surface area (Å²) >= 11 is 0. The van der Waals surface area contributed by atoms with Gasteiger partial charge in [-0.15, -0.1) is 0 Å². The zero-order valence-electron chi connectivity index (χ0n) is 8.48. The Labute approximate surface area is 87.3 Å². The van der Waals surface area contributed by atoms with Crippen molar-refractivity contribution in [3.05, 3.63) is 23.4 Å². The predicted octanol–water partition coefficient (Wildman–Crippen LogP) is 0.813. The lowest BCUT2D eigenvalue weighted by atomic mass is 10.2. The van der Waals surface area contributed by atoms with E-state index in [1.54, 1.807) is 19.1 Å². The second kappa shape index (κ2) is 4.96. The van der Waals surface area contributed by atoms with Crippen molar-refractivity contribution in [1.29, 1.82) is 5.26 Å². The monoisotopic (exact) mass is 206 g/mol. The number of rotatable bonds is 3. The maximum atomic E-state index is 10.8. The number of esters is 1. The summed E-state index contributed by atoms with van der Waals surface area (Å²) < 4.78 is 9.45. The minimum atomic E-state index is -0.512. The van der Waals surface area contributed by atoms with Gasteiger partial charge >= 0.3 is 5.97 Å². The molecule has 0 amide bonds. The second-order valence-corrected chi connectivity index (χ2v) is 2.78. The first-order valence-electron chi connectivity index (χ1n) is 4.24. The maximum absolute atomic E-state index is 10.8. The fourth-order valence-electron chi connectivity index (χ4n) is 0.914. The summed E-state index contributed by atoms with van der Waals surface area (Å²) in [5.74, 6) is -0.356. The molecular weight excluding hydrogens is 196 g/mol. The number of carbonyl (C=O) groups excluding carboxylic acids is 1. The summed E-state index contributed by atoms with van der Waals surface area (Å²) in [6.07, 6.45) is 0. The zero-order chi connectivity index (χ0) is 11.3. The molecule has 0 radical (unpaired) electrons.